The third-order valence-corrected chi connectivity index (χ3v) is 6.49. The second-order valence-electron chi connectivity index (χ2n) is 7.69. The Hall–Kier alpha value is -0.180. The van der Waals surface area contributed by atoms with Crippen molar-refractivity contribution in [1.29, 1.82) is 0 Å². The number of thiol groups is 1. The van der Waals surface area contributed by atoms with Crippen LogP contribution in [-0.4, -0.2) is 17.3 Å². The normalized spacial score (nSPS) is 35.0. The topological polar surface area (TPSA) is 26.3 Å². The van der Waals surface area contributed by atoms with Gasteiger partial charge in [0.25, 0.3) is 0 Å². The number of ether oxygens (including phenoxy) is 1. The highest BCUT2D eigenvalue weighted by molar-refractivity contribution is 7.80. The van der Waals surface area contributed by atoms with Gasteiger partial charge in [0.15, 0.2) is 0 Å². The van der Waals surface area contributed by atoms with E-state index in [1.165, 1.54) is 25.7 Å². The summed E-state index contributed by atoms with van der Waals surface area (Å²) in [7, 11) is 0. The third kappa shape index (κ3) is 3.78. The number of hydrogen-bond acceptors (Lipinski definition) is 3. The van der Waals surface area contributed by atoms with Crippen molar-refractivity contribution in [2.75, 3.05) is 5.75 Å². The number of carbonyl (C=O) groups is 1. The van der Waals surface area contributed by atoms with E-state index in [1.54, 1.807) is 0 Å². The van der Waals surface area contributed by atoms with Gasteiger partial charge in [-0.25, -0.2) is 0 Å². The summed E-state index contributed by atoms with van der Waals surface area (Å²) in [6.07, 6.45) is 10.00. The summed E-state index contributed by atoms with van der Waals surface area (Å²) in [6.45, 7) is 6.30. The van der Waals surface area contributed by atoms with Crippen LogP contribution in [0.1, 0.15) is 78.6 Å². The highest BCUT2D eigenvalue weighted by Crippen LogP contribution is 2.47. The molecule has 3 rings (SSSR count). The van der Waals surface area contributed by atoms with Gasteiger partial charge in [0, 0.05) is 5.75 Å². The number of carbonyl (C=O) groups excluding carboxylic acids is 1. The summed E-state index contributed by atoms with van der Waals surface area (Å²) in [5.74, 6) is 2.39. The maximum atomic E-state index is 12.8. The Kier molecular flexibility index (Phi) is 5.67. The van der Waals surface area contributed by atoms with Gasteiger partial charge in [-0.3, -0.25) is 4.79 Å². The molecule has 0 spiro atoms. The lowest BCUT2D eigenvalue weighted by atomic mass is 9.65. The van der Waals surface area contributed by atoms with E-state index in [0.29, 0.717) is 5.75 Å². The molecule has 2 atom stereocenters. The van der Waals surface area contributed by atoms with Crippen molar-refractivity contribution in [3.05, 3.63) is 0 Å². The predicted octanol–water partition coefficient (Wildman–Crippen LogP) is 5.01. The van der Waals surface area contributed by atoms with Crippen LogP contribution >= 0.6 is 12.6 Å². The average Bonchev–Trinajstić information content (AvgIpc) is 2.40. The predicted molar refractivity (Wildman–Crippen MR) is 90.7 cm³/mol. The Morgan fingerprint density at radius 2 is 2.05 bits per heavy atom. The molecule has 3 fully saturated rings. The van der Waals surface area contributed by atoms with E-state index in [9.17, 15) is 4.79 Å². The van der Waals surface area contributed by atoms with Gasteiger partial charge in [-0.2, -0.15) is 12.6 Å². The van der Waals surface area contributed by atoms with Gasteiger partial charge < -0.3 is 4.74 Å². The quantitative estimate of drug-likeness (QED) is 0.551. The third-order valence-electron chi connectivity index (χ3n) is 5.91. The Labute approximate surface area is 135 Å². The molecule has 0 aromatic rings. The zero-order valence-electron chi connectivity index (χ0n) is 14.0. The molecule has 3 aliphatic carbocycles. The van der Waals surface area contributed by atoms with E-state index < -0.39 is 0 Å². The van der Waals surface area contributed by atoms with Crippen molar-refractivity contribution in [2.45, 2.75) is 84.2 Å². The van der Waals surface area contributed by atoms with Gasteiger partial charge in [0.2, 0.25) is 0 Å². The molecule has 2 bridgehead atoms. The Morgan fingerprint density at radius 1 is 1.33 bits per heavy atom. The first-order valence-corrected chi connectivity index (χ1v) is 9.44. The number of fused-ring (bicyclic) bond motifs is 4. The number of rotatable bonds is 6. The summed E-state index contributed by atoms with van der Waals surface area (Å²) < 4.78 is 6.15. The molecule has 2 unspecified atom stereocenters. The molecule has 0 heterocycles. The number of hydrogen-bond donors (Lipinski definition) is 1. The molecule has 0 aromatic carbocycles. The smallest absolute Gasteiger partial charge is 0.312 e. The lowest BCUT2D eigenvalue weighted by molar-refractivity contribution is -0.175. The standard InChI is InChI=1S/C18H32O2S/c1-4-8-17(3,5-2)16(19)20-18(13-21)9-6-7-14-10-15(11-14)12-18/h14-15,21H,4-13H2,1-3H3. The van der Waals surface area contributed by atoms with Gasteiger partial charge in [-0.05, 0) is 63.7 Å². The molecule has 0 radical (unpaired) electrons. The van der Waals surface area contributed by atoms with Gasteiger partial charge in [-0.1, -0.05) is 26.7 Å². The fourth-order valence-corrected chi connectivity index (χ4v) is 4.53. The molecule has 122 valence electrons. The summed E-state index contributed by atoms with van der Waals surface area (Å²) >= 11 is 4.56. The Balaban J connectivity index is 2.07. The Morgan fingerprint density at radius 3 is 2.62 bits per heavy atom. The summed E-state index contributed by atoms with van der Waals surface area (Å²) in [5.41, 5.74) is -0.629. The van der Waals surface area contributed by atoms with Crippen LogP contribution in [0.2, 0.25) is 0 Å². The fraction of sp³-hybridized carbons (Fsp3) is 0.944. The highest BCUT2D eigenvalue weighted by atomic mass is 32.1. The minimum atomic E-state index is -0.324. The molecule has 0 N–H and O–H groups in total. The second-order valence-corrected chi connectivity index (χ2v) is 8.01. The fourth-order valence-electron chi connectivity index (χ4n) is 4.18. The van der Waals surface area contributed by atoms with Gasteiger partial charge in [0.05, 0.1) is 5.41 Å². The van der Waals surface area contributed by atoms with Crippen molar-refractivity contribution in [1.82, 2.24) is 0 Å². The molecule has 3 saturated carbocycles. The van der Waals surface area contributed by atoms with E-state index in [0.717, 1.165) is 43.9 Å². The van der Waals surface area contributed by atoms with E-state index >= 15 is 0 Å². The maximum Gasteiger partial charge on any atom is 0.312 e. The lowest BCUT2D eigenvalue weighted by Gasteiger charge is -2.46. The average molecular weight is 313 g/mol. The van der Waals surface area contributed by atoms with Crippen molar-refractivity contribution in [3.8, 4) is 0 Å². The summed E-state index contributed by atoms with van der Waals surface area (Å²) in [5, 5.41) is 0. The molecule has 0 aromatic heterocycles. The largest absolute Gasteiger partial charge is 0.458 e. The van der Waals surface area contributed by atoms with Crippen molar-refractivity contribution < 1.29 is 9.53 Å². The van der Waals surface area contributed by atoms with Crippen LogP contribution < -0.4 is 0 Å². The summed E-state index contributed by atoms with van der Waals surface area (Å²) in [4.78, 5) is 12.8. The van der Waals surface area contributed by atoms with Gasteiger partial charge in [-0.15, -0.1) is 0 Å². The molecule has 3 aliphatic rings. The monoisotopic (exact) mass is 312 g/mol. The summed E-state index contributed by atoms with van der Waals surface area (Å²) in [6, 6.07) is 0. The van der Waals surface area contributed by atoms with Gasteiger partial charge in [0.1, 0.15) is 5.60 Å². The molecule has 3 heteroatoms. The minimum absolute atomic E-state index is 0.0114. The van der Waals surface area contributed by atoms with Crippen LogP contribution in [0.3, 0.4) is 0 Å². The highest BCUT2D eigenvalue weighted by Gasteiger charge is 2.44. The molecule has 2 nitrogen and oxygen atoms in total. The number of esters is 1. The van der Waals surface area contributed by atoms with Crippen LogP contribution in [0.15, 0.2) is 0 Å². The van der Waals surface area contributed by atoms with Crippen LogP contribution in [0.5, 0.6) is 0 Å². The first-order valence-electron chi connectivity index (χ1n) is 8.81. The van der Waals surface area contributed by atoms with Crippen LogP contribution in [0.4, 0.5) is 0 Å². The van der Waals surface area contributed by atoms with Crippen LogP contribution in [0, 0.1) is 17.3 Å². The van der Waals surface area contributed by atoms with Gasteiger partial charge >= 0.3 is 5.97 Å². The lowest BCUT2D eigenvalue weighted by Crippen LogP contribution is -2.46. The first-order chi connectivity index (χ1) is 9.97. The van der Waals surface area contributed by atoms with Crippen molar-refractivity contribution in [2.24, 2.45) is 17.3 Å². The van der Waals surface area contributed by atoms with E-state index in [-0.39, 0.29) is 17.0 Å². The van der Waals surface area contributed by atoms with Crippen molar-refractivity contribution in [3.63, 3.8) is 0 Å². The molecular formula is C18H32O2S. The minimum Gasteiger partial charge on any atom is -0.458 e. The van der Waals surface area contributed by atoms with E-state index in [1.807, 2.05) is 0 Å². The van der Waals surface area contributed by atoms with E-state index in [2.05, 4.69) is 33.4 Å². The zero-order valence-corrected chi connectivity index (χ0v) is 14.9. The molecular weight excluding hydrogens is 280 g/mol. The first kappa shape index (κ1) is 17.2. The maximum absolute atomic E-state index is 12.8. The SMILES string of the molecule is CCCC(C)(CC)C(=O)OC1(CS)CCCC2CC(C2)C1. The molecule has 21 heavy (non-hydrogen) atoms. The molecule has 0 saturated heterocycles. The van der Waals surface area contributed by atoms with Crippen molar-refractivity contribution >= 4 is 18.6 Å². The second kappa shape index (κ2) is 6.93. The Bertz CT molecular complexity index is 361. The molecule has 0 aliphatic heterocycles. The van der Waals surface area contributed by atoms with E-state index in [4.69, 9.17) is 4.74 Å². The zero-order chi connectivity index (χ0) is 15.5. The van der Waals surface area contributed by atoms with Crippen LogP contribution in [0.25, 0.3) is 0 Å². The molecule has 0 amide bonds. The van der Waals surface area contributed by atoms with Crippen LogP contribution in [-0.2, 0) is 9.53 Å².